The normalized spacial score (nSPS) is 11.7. The molecule has 0 atom stereocenters. The van der Waals surface area contributed by atoms with Crippen molar-refractivity contribution in [1.29, 1.82) is 0 Å². The molecular weight excluding hydrogens is 467 g/mol. The fraction of sp³-hybridized carbons (Fsp3) is 0.304. The standard InChI is InChI=1S/C23H26ClFN4O3S/c1-15(2)28-33(31,32)19-9-10-21(24)20(14-19)23(30)29(3)11-5-8-18-13-22(27-26-18)16-6-4-7-17(25)12-16/h4,6-7,9-10,12-15,28H,5,8,11H2,1-3H3,(H,26,27). The van der Waals surface area contributed by atoms with Crippen LogP contribution in [0, 0.1) is 5.82 Å². The number of nitrogens with zero attached hydrogens (tertiary/aromatic N) is 2. The van der Waals surface area contributed by atoms with Gasteiger partial charge in [-0.3, -0.25) is 9.89 Å². The molecular formula is C23H26ClFN4O3S. The van der Waals surface area contributed by atoms with Gasteiger partial charge in [0.25, 0.3) is 5.91 Å². The maximum Gasteiger partial charge on any atom is 0.255 e. The Bertz CT molecular complexity index is 1240. The summed E-state index contributed by atoms with van der Waals surface area (Å²) in [6.07, 6.45) is 1.26. The number of aromatic nitrogens is 2. The second-order valence-electron chi connectivity index (χ2n) is 8.04. The number of hydrogen-bond acceptors (Lipinski definition) is 4. The molecule has 0 radical (unpaired) electrons. The summed E-state index contributed by atoms with van der Waals surface area (Å²) >= 11 is 6.19. The maximum atomic E-state index is 13.4. The Balaban J connectivity index is 1.63. The number of carbonyl (C=O) groups is 1. The molecule has 0 saturated heterocycles. The van der Waals surface area contributed by atoms with E-state index in [2.05, 4.69) is 14.9 Å². The number of hydrogen-bond donors (Lipinski definition) is 2. The van der Waals surface area contributed by atoms with Gasteiger partial charge in [-0.1, -0.05) is 23.7 Å². The third kappa shape index (κ3) is 6.40. The monoisotopic (exact) mass is 492 g/mol. The molecule has 1 amide bonds. The molecule has 3 aromatic rings. The van der Waals surface area contributed by atoms with Crippen molar-refractivity contribution < 1.29 is 17.6 Å². The molecule has 0 aliphatic heterocycles. The molecule has 2 N–H and O–H groups in total. The average Bonchev–Trinajstić information content (AvgIpc) is 3.21. The largest absolute Gasteiger partial charge is 0.342 e. The highest BCUT2D eigenvalue weighted by Crippen LogP contribution is 2.23. The summed E-state index contributed by atoms with van der Waals surface area (Å²) in [6, 6.07) is 11.9. The Morgan fingerprint density at radius 3 is 2.67 bits per heavy atom. The highest BCUT2D eigenvalue weighted by molar-refractivity contribution is 7.89. The van der Waals surface area contributed by atoms with E-state index in [4.69, 9.17) is 11.6 Å². The van der Waals surface area contributed by atoms with E-state index in [1.807, 2.05) is 6.07 Å². The number of rotatable bonds is 9. The lowest BCUT2D eigenvalue weighted by Gasteiger charge is -2.18. The molecule has 33 heavy (non-hydrogen) atoms. The van der Waals surface area contributed by atoms with Crippen molar-refractivity contribution in [2.45, 2.75) is 37.6 Å². The van der Waals surface area contributed by atoms with E-state index in [9.17, 15) is 17.6 Å². The van der Waals surface area contributed by atoms with Crippen LogP contribution >= 0.6 is 11.6 Å². The summed E-state index contributed by atoms with van der Waals surface area (Å²) in [5, 5.41) is 7.34. The molecule has 0 bridgehead atoms. The minimum absolute atomic E-state index is 0.0142. The number of amides is 1. The minimum atomic E-state index is -3.75. The molecule has 1 aromatic heterocycles. The molecule has 0 aliphatic carbocycles. The molecule has 1 heterocycles. The number of aromatic amines is 1. The number of carbonyl (C=O) groups excluding carboxylic acids is 1. The molecule has 176 valence electrons. The molecule has 3 rings (SSSR count). The smallest absolute Gasteiger partial charge is 0.255 e. The Morgan fingerprint density at radius 1 is 1.21 bits per heavy atom. The second-order valence-corrected chi connectivity index (χ2v) is 10.2. The molecule has 7 nitrogen and oxygen atoms in total. The Morgan fingerprint density at radius 2 is 1.97 bits per heavy atom. The van der Waals surface area contributed by atoms with Crippen LogP contribution in [-0.4, -0.2) is 49.1 Å². The summed E-state index contributed by atoms with van der Waals surface area (Å²) in [5.41, 5.74) is 2.32. The fourth-order valence-corrected chi connectivity index (χ4v) is 4.79. The van der Waals surface area contributed by atoms with Gasteiger partial charge < -0.3 is 4.90 Å². The highest BCUT2D eigenvalue weighted by Gasteiger charge is 2.21. The zero-order valence-electron chi connectivity index (χ0n) is 18.6. The van der Waals surface area contributed by atoms with Crippen LogP contribution in [-0.2, 0) is 16.4 Å². The topological polar surface area (TPSA) is 95.2 Å². The van der Waals surface area contributed by atoms with E-state index < -0.39 is 10.0 Å². The molecule has 0 aliphatic rings. The minimum Gasteiger partial charge on any atom is -0.342 e. The second kappa shape index (κ2) is 10.5. The molecule has 10 heteroatoms. The van der Waals surface area contributed by atoms with E-state index in [1.54, 1.807) is 33.0 Å². The van der Waals surface area contributed by atoms with Gasteiger partial charge >= 0.3 is 0 Å². The van der Waals surface area contributed by atoms with Crippen molar-refractivity contribution in [3.8, 4) is 11.3 Å². The Labute approximate surface area is 198 Å². The van der Waals surface area contributed by atoms with Crippen LogP contribution in [0.3, 0.4) is 0 Å². The summed E-state index contributed by atoms with van der Waals surface area (Å²) in [7, 11) is -2.11. The van der Waals surface area contributed by atoms with Gasteiger partial charge in [0, 0.05) is 30.9 Å². The van der Waals surface area contributed by atoms with Gasteiger partial charge in [0.05, 0.1) is 21.2 Å². The molecule has 0 unspecified atom stereocenters. The molecule has 0 fully saturated rings. The van der Waals surface area contributed by atoms with Gasteiger partial charge in [0.2, 0.25) is 10.0 Å². The third-order valence-corrected chi connectivity index (χ3v) is 6.89. The summed E-state index contributed by atoms with van der Waals surface area (Å²) < 4.78 is 40.8. The number of nitrogens with one attached hydrogen (secondary N) is 2. The van der Waals surface area contributed by atoms with Gasteiger partial charge in [-0.05, 0) is 63.1 Å². The van der Waals surface area contributed by atoms with Crippen LogP contribution < -0.4 is 4.72 Å². The predicted octanol–water partition coefficient (Wildman–Crippen LogP) is 4.26. The van der Waals surface area contributed by atoms with Crippen molar-refractivity contribution in [3.05, 3.63) is 70.6 Å². The number of aryl methyl sites for hydroxylation is 1. The van der Waals surface area contributed by atoms with Crippen molar-refractivity contribution >= 4 is 27.5 Å². The van der Waals surface area contributed by atoms with Gasteiger partial charge in [0.1, 0.15) is 5.82 Å². The zero-order chi connectivity index (χ0) is 24.2. The third-order valence-electron chi connectivity index (χ3n) is 4.91. The SMILES string of the molecule is CC(C)NS(=O)(=O)c1ccc(Cl)c(C(=O)N(C)CCCc2cc(-c3cccc(F)c3)n[nH]2)c1. The quantitative estimate of drug-likeness (QED) is 0.466. The molecule has 0 spiro atoms. The van der Waals surface area contributed by atoms with Crippen LogP contribution in [0.2, 0.25) is 5.02 Å². The number of benzene rings is 2. The molecule has 2 aromatic carbocycles. The van der Waals surface area contributed by atoms with Crippen LogP contribution in [0.15, 0.2) is 53.4 Å². The highest BCUT2D eigenvalue weighted by atomic mass is 35.5. The summed E-state index contributed by atoms with van der Waals surface area (Å²) in [4.78, 5) is 14.4. The Kier molecular flexibility index (Phi) is 7.88. The van der Waals surface area contributed by atoms with Crippen molar-refractivity contribution in [1.82, 2.24) is 19.8 Å². The van der Waals surface area contributed by atoms with Crippen molar-refractivity contribution in [3.63, 3.8) is 0 Å². The van der Waals surface area contributed by atoms with Crippen LogP contribution in [0.1, 0.15) is 36.3 Å². The summed E-state index contributed by atoms with van der Waals surface area (Å²) in [5.74, 6) is -0.695. The first-order chi connectivity index (χ1) is 15.6. The van der Waals surface area contributed by atoms with Gasteiger partial charge in [-0.15, -0.1) is 0 Å². The average molecular weight is 493 g/mol. The van der Waals surface area contributed by atoms with Crippen LogP contribution in [0.25, 0.3) is 11.3 Å². The van der Waals surface area contributed by atoms with E-state index in [0.717, 1.165) is 5.69 Å². The Hall–Kier alpha value is -2.75. The van der Waals surface area contributed by atoms with E-state index in [0.29, 0.717) is 30.6 Å². The van der Waals surface area contributed by atoms with Gasteiger partial charge in [0.15, 0.2) is 0 Å². The lowest BCUT2D eigenvalue weighted by molar-refractivity contribution is 0.0793. The first kappa shape index (κ1) is 24.9. The lowest BCUT2D eigenvalue weighted by atomic mass is 10.1. The maximum absolute atomic E-state index is 13.4. The van der Waals surface area contributed by atoms with Crippen molar-refractivity contribution in [2.24, 2.45) is 0 Å². The predicted molar refractivity (Wildman–Crippen MR) is 126 cm³/mol. The van der Waals surface area contributed by atoms with Crippen molar-refractivity contribution in [2.75, 3.05) is 13.6 Å². The van der Waals surface area contributed by atoms with Gasteiger partial charge in [-0.2, -0.15) is 5.10 Å². The molecule has 0 saturated carbocycles. The van der Waals surface area contributed by atoms with E-state index in [1.165, 1.54) is 35.2 Å². The first-order valence-electron chi connectivity index (χ1n) is 10.4. The van der Waals surface area contributed by atoms with E-state index in [-0.39, 0.29) is 33.2 Å². The zero-order valence-corrected chi connectivity index (χ0v) is 20.2. The van der Waals surface area contributed by atoms with E-state index >= 15 is 0 Å². The number of H-pyrrole nitrogens is 1. The van der Waals surface area contributed by atoms with Crippen LogP contribution in [0.4, 0.5) is 4.39 Å². The van der Waals surface area contributed by atoms with Gasteiger partial charge in [-0.25, -0.2) is 17.5 Å². The van der Waals surface area contributed by atoms with Crippen LogP contribution in [0.5, 0.6) is 0 Å². The first-order valence-corrected chi connectivity index (χ1v) is 12.3. The fourth-order valence-electron chi connectivity index (χ4n) is 3.31. The lowest BCUT2D eigenvalue weighted by Crippen LogP contribution is -2.31. The number of halogens is 2. The number of sulfonamides is 1. The summed E-state index contributed by atoms with van der Waals surface area (Å²) in [6.45, 7) is 3.85.